The molecule has 0 amide bonds. The Kier molecular flexibility index (Phi) is 6.53. The summed E-state index contributed by atoms with van der Waals surface area (Å²) in [4.78, 5) is 0. The Hall–Kier alpha value is -1.13. The predicted molar refractivity (Wildman–Crippen MR) is 61.5 cm³/mol. The Labute approximate surface area is 95.6 Å². The molecule has 1 aromatic carbocycles. The molecule has 0 heterocycles. The van der Waals surface area contributed by atoms with Crippen molar-refractivity contribution in [2.75, 3.05) is 33.5 Å². The van der Waals surface area contributed by atoms with Crippen molar-refractivity contribution < 1.29 is 13.9 Å². The van der Waals surface area contributed by atoms with Gasteiger partial charge in [0.15, 0.2) is 0 Å². The van der Waals surface area contributed by atoms with Crippen molar-refractivity contribution >= 4 is 0 Å². The summed E-state index contributed by atoms with van der Waals surface area (Å²) in [6.07, 6.45) is 0. The molecule has 0 aromatic heterocycles. The van der Waals surface area contributed by atoms with Crippen molar-refractivity contribution in [1.29, 1.82) is 0 Å². The lowest BCUT2D eigenvalue weighted by atomic mass is 10.2. The number of alkyl halides is 1. The molecule has 1 N–H and O–H groups in total. The van der Waals surface area contributed by atoms with Crippen molar-refractivity contribution in [3.8, 4) is 5.75 Å². The first-order valence-electron chi connectivity index (χ1n) is 5.34. The van der Waals surface area contributed by atoms with E-state index in [0.29, 0.717) is 13.2 Å². The number of para-hydroxylation sites is 1. The third-order valence-electron chi connectivity index (χ3n) is 2.11. The lowest BCUT2D eigenvalue weighted by molar-refractivity contribution is 0.199. The van der Waals surface area contributed by atoms with Crippen molar-refractivity contribution in [3.63, 3.8) is 0 Å². The van der Waals surface area contributed by atoms with E-state index in [1.165, 1.54) is 0 Å². The average molecular weight is 227 g/mol. The van der Waals surface area contributed by atoms with Crippen LogP contribution in [0.4, 0.5) is 4.39 Å². The first-order chi connectivity index (χ1) is 7.88. The highest BCUT2D eigenvalue weighted by Gasteiger charge is 2.01. The van der Waals surface area contributed by atoms with Crippen LogP contribution in [0.3, 0.4) is 0 Å². The number of benzene rings is 1. The number of methoxy groups -OCH3 is 1. The maximum Gasteiger partial charge on any atom is 0.123 e. The van der Waals surface area contributed by atoms with Gasteiger partial charge in [0.25, 0.3) is 0 Å². The van der Waals surface area contributed by atoms with Crippen molar-refractivity contribution in [1.82, 2.24) is 5.32 Å². The Morgan fingerprint density at radius 3 is 2.81 bits per heavy atom. The maximum absolute atomic E-state index is 12.0. The first-order valence-corrected chi connectivity index (χ1v) is 5.34. The van der Waals surface area contributed by atoms with Gasteiger partial charge in [-0.25, -0.2) is 4.39 Å². The molecule has 3 nitrogen and oxygen atoms in total. The molecule has 0 radical (unpaired) electrons. The van der Waals surface area contributed by atoms with Gasteiger partial charge in [-0.3, -0.25) is 0 Å². The van der Waals surface area contributed by atoms with Crippen LogP contribution in [0.1, 0.15) is 5.56 Å². The van der Waals surface area contributed by atoms with Crippen molar-refractivity contribution in [3.05, 3.63) is 29.8 Å². The molecule has 0 bridgehead atoms. The van der Waals surface area contributed by atoms with Crippen LogP contribution in [-0.2, 0) is 11.3 Å². The van der Waals surface area contributed by atoms with E-state index in [0.717, 1.165) is 17.9 Å². The summed E-state index contributed by atoms with van der Waals surface area (Å²) in [5.41, 5.74) is 1.03. The molecule has 0 aliphatic heterocycles. The first kappa shape index (κ1) is 12.9. The van der Waals surface area contributed by atoms with Gasteiger partial charge in [-0.15, -0.1) is 0 Å². The summed E-state index contributed by atoms with van der Waals surface area (Å²) < 4.78 is 22.2. The minimum atomic E-state index is -0.467. The Balaban J connectivity index is 2.43. The molecule has 0 saturated heterocycles. The maximum atomic E-state index is 12.0. The van der Waals surface area contributed by atoms with Gasteiger partial charge in [0.05, 0.1) is 6.61 Å². The van der Waals surface area contributed by atoms with E-state index in [9.17, 15) is 4.39 Å². The number of halogens is 1. The van der Waals surface area contributed by atoms with Gasteiger partial charge in [0, 0.05) is 25.8 Å². The van der Waals surface area contributed by atoms with Crippen molar-refractivity contribution in [2.45, 2.75) is 6.54 Å². The zero-order valence-electron chi connectivity index (χ0n) is 9.54. The molecule has 16 heavy (non-hydrogen) atoms. The summed E-state index contributed by atoms with van der Waals surface area (Å²) in [5.74, 6) is 0.741. The third kappa shape index (κ3) is 4.59. The van der Waals surface area contributed by atoms with E-state index in [1.807, 2.05) is 24.3 Å². The van der Waals surface area contributed by atoms with Crippen LogP contribution in [0, 0.1) is 0 Å². The zero-order chi connectivity index (χ0) is 11.6. The quantitative estimate of drug-likeness (QED) is 0.687. The predicted octanol–water partition coefficient (Wildman–Crippen LogP) is 1.77. The second-order valence-corrected chi connectivity index (χ2v) is 3.31. The van der Waals surface area contributed by atoms with Gasteiger partial charge in [-0.1, -0.05) is 18.2 Å². The van der Waals surface area contributed by atoms with Crippen LogP contribution in [0.5, 0.6) is 5.75 Å². The zero-order valence-corrected chi connectivity index (χ0v) is 9.54. The Morgan fingerprint density at radius 2 is 2.06 bits per heavy atom. The molecule has 0 aliphatic rings. The average Bonchev–Trinajstić information content (AvgIpc) is 2.33. The normalized spacial score (nSPS) is 10.4. The smallest absolute Gasteiger partial charge is 0.123 e. The van der Waals surface area contributed by atoms with Crippen LogP contribution in [0.15, 0.2) is 24.3 Å². The molecule has 0 atom stereocenters. The summed E-state index contributed by atoms with van der Waals surface area (Å²) in [7, 11) is 1.67. The standard InChI is InChI=1S/C12H18FNO2/c1-15-9-7-14-10-11-4-2-3-5-12(11)16-8-6-13/h2-5,14H,6-10H2,1H3. The van der Waals surface area contributed by atoms with E-state index in [-0.39, 0.29) is 6.61 Å². The summed E-state index contributed by atoms with van der Waals surface area (Å²) in [6, 6.07) is 7.64. The number of hydrogen-bond donors (Lipinski definition) is 1. The van der Waals surface area contributed by atoms with E-state index in [1.54, 1.807) is 7.11 Å². The van der Waals surface area contributed by atoms with Crippen LogP contribution in [-0.4, -0.2) is 33.5 Å². The fraction of sp³-hybridized carbons (Fsp3) is 0.500. The fourth-order valence-electron chi connectivity index (χ4n) is 1.34. The molecule has 0 aliphatic carbocycles. The third-order valence-corrected chi connectivity index (χ3v) is 2.11. The van der Waals surface area contributed by atoms with Crippen LogP contribution >= 0.6 is 0 Å². The fourth-order valence-corrected chi connectivity index (χ4v) is 1.34. The molecular weight excluding hydrogens is 209 g/mol. The largest absolute Gasteiger partial charge is 0.491 e. The summed E-state index contributed by atoms with van der Waals surface area (Å²) >= 11 is 0. The number of hydrogen-bond acceptors (Lipinski definition) is 3. The van der Waals surface area contributed by atoms with Gasteiger partial charge in [-0.2, -0.15) is 0 Å². The number of nitrogens with one attached hydrogen (secondary N) is 1. The second-order valence-electron chi connectivity index (χ2n) is 3.31. The van der Waals surface area contributed by atoms with E-state index < -0.39 is 6.67 Å². The summed E-state index contributed by atoms with van der Waals surface area (Å²) in [6.45, 7) is 1.80. The topological polar surface area (TPSA) is 30.5 Å². The molecule has 1 rings (SSSR count). The van der Waals surface area contributed by atoms with Gasteiger partial charge in [-0.05, 0) is 6.07 Å². The number of rotatable bonds is 8. The molecule has 90 valence electrons. The molecule has 0 spiro atoms. The molecule has 0 saturated carbocycles. The molecule has 4 heteroatoms. The van der Waals surface area contributed by atoms with Crippen LogP contribution in [0.2, 0.25) is 0 Å². The molecule has 0 unspecified atom stereocenters. The molecular formula is C12H18FNO2. The highest BCUT2D eigenvalue weighted by molar-refractivity contribution is 5.33. The monoisotopic (exact) mass is 227 g/mol. The Morgan fingerprint density at radius 1 is 1.25 bits per heavy atom. The minimum absolute atomic E-state index is 0.106. The van der Waals surface area contributed by atoms with E-state index in [2.05, 4.69) is 5.32 Å². The van der Waals surface area contributed by atoms with E-state index >= 15 is 0 Å². The van der Waals surface area contributed by atoms with Crippen molar-refractivity contribution in [2.24, 2.45) is 0 Å². The highest BCUT2D eigenvalue weighted by Crippen LogP contribution is 2.17. The molecule has 1 aromatic rings. The highest BCUT2D eigenvalue weighted by atomic mass is 19.1. The van der Waals surface area contributed by atoms with Gasteiger partial charge in [0.2, 0.25) is 0 Å². The number of ether oxygens (including phenoxy) is 2. The Bertz CT molecular complexity index is 294. The lowest BCUT2D eigenvalue weighted by Crippen LogP contribution is -2.19. The second kappa shape index (κ2) is 8.07. The van der Waals surface area contributed by atoms with Gasteiger partial charge in [0.1, 0.15) is 19.0 Å². The van der Waals surface area contributed by atoms with E-state index in [4.69, 9.17) is 9.47 Å². The SMILES string of the molecule is COCCNCc1ccccc1OCCF. The van der Waals surface area contributed by atoms with Crippen LogP contribution in [0.25, 0.3) is 0 Å². The minimum Gasteiger partial charge on any atom is -0.491 e. The van der Waals surface area contributed by atoms with Gasteiger partial charge < -0.3 is 14.8 Å². The van der Waals surface area contributed by atoms with Crippen LogP contribution < -0.4 is 10.1 Å². The lowest BCUT2D eigenvalue weighted by Gasteiger charge is -2.10. The molecule has 0 fully saturated rings. The summed E-state index contributed by atoms with van der Waals surface area (Å²) in [5, 5.41) is 3.22. The van der Waals surface area contributed by atoms with Gasteiger partial charge >= 0.3 is 0 Å².